The molecule has 0 aliphatic heterocycles. The topological polar surface area (TPSA) is 72.2 Å². The summed E-state index contributed by atoms with van der Waals surface area (Å²) in [7, 11) is 0. The van der Waals surface area contributed by atoms with Crippen molar-refractivity contribution < 1.29 is 14.0 Å². The Morgan fingerprint density at radius 1 is 1.25 bits per heavy atom. The summed E-state index contributed by atoms with van der Waals surface area (Å²) in [6.45, 7) is 0.467. The first-order valence-corrected chi connectivity index (χ1v) is 6.87. The lowest BCUT2D eigenvalue weighted by molar-refractivity contribution is -0.121. The number of nitrogens with two attached hydrogens (primary N) is 1. The standard InChI is InChI=1S/C15H19FN2O2/c16-12-5-3-11(4-6-12)14(19)7-8-15(20)18-9-13(17)10-1-2-10/h3-6,10,13H,1-2,7-9,17H2,(H,18,20). The Kier molecular flexibility index (Phi) is 4.84. The van der Waals surface area contributed by atoms with Crippen LogP contribution in [0, 0.1) is 11.7 Å². The fourth-order valence-electron chi connectivity index (χ4n) is 2.02. The highest BCUT2D eigenvalue weighted by Gasteiger charge is 2.28. The van der Waals surface area contributed by atoms with Gasteiger partial charge in [0, 0.05) is 31.0 Å². The van der Waals surface area contributed by atoms with Crippen molar-refractivity contribution in [3.05, 3.63) is 35.6 Å². The van der Waals surface area contributed by atoms with Crippen molar-refractivity contribution in [1.29, 1.82) is 0 Å². The Morgan fingerprint density at radius 2 is 1.90 bits per heavy atom. The highest BCUT2D eigenvalue weighted by Crippen LogP contribution is 2.31. The molecule has 1 unspecified atom stereocenters. The van der Waals surface area contributed by atoms with Gasteiger partial charge in [-0.05, 0) is 43.0 Å². The van der Waals surface area contributed by atoms with Gasteiger partial charge in [0.05, 0.1) is 0 Å². The van der Waals surface area contributed by atoms with Crippen LogP contribution in [-0.4, -0.2) is 24.3 Å². The van der Waals surface area contributed by atoms with Gasteiger partial charge in [-0.2, -0.15) is 0 Å². The van der Waals surface area contributed by atoms with E-state index in [1.165, 1.54) is 24.3 Å². The van der Waals surface area contributed by atoms with Crippen molar-refractivity contribution in [2.75, 3.05) is 6.54 Å². The second-order valence-electron chi connectivity index (χ2n) is 5.24. The molecular weight excluding hydrogens is 259 g/mol. The van der Waals surface area contributed by atoms with E-state index in [0.717, 1.165) is 12.8 Å². The molecule has 1 fully saturated rings. The molecular formula is C15H19FN2O2. The molecule has 0 saturated heterocycles. The molecule has 1 aliphatic rings. The number of amides is 1. The van der Waals surface area contributed by atoms with E-state index >= 15 is 0 Å². The molecule has 5 heteroatoms. The Hall–Kier alpha value is -1.75. The van der Waals surface area contributed by atoms with E-state index in [2.05, 4.69) is 5.32 Å². The van der Waals surface area contributed by atoms with Gasteiger partial charge in [-0.25, -0.2) is 4.39 Å². The molecule has 1 aromatic rings. The van der Waals surface area contributed by atoms with Crippen molar-refractivity contribution in [3.63, 3.8) is 0 Å². The molecule has 108 valence electrons. The van der Waals surface area contributed by atoms with Crippen LogP contribution in [0.1, 0.15) is 36.0 Å². The van der Waals surface area contributed by atoms with Crippen LogP contribution in [-0.2, 0) is 4.79 Å². The fourth-order valence-corrected chi connectivity index (χ4v) is 2.02. The minimum atomic E-state index is -0.381. The minimum absolute atomic E-state index is 0.0201. The number of hydrogen-bond donors (Lipinski definition) is 2. The molecule has 3 N–H and O–H groups in total. The number of halogens is 1. The molecule has 4 nitrogen and oxygen atoms in total. The van der Waals surface area contributed by atoms with Gasteiger partial charge in [0.15, 0.2) is 5.78 Å². The molecule has 20 heavy (non-hydrogen) atoms. The van der Waals surface area contributed by atoms with Gasteiger partial charge in [0.1, 0.15) is 5.82 Å². The lowest BCUT2D eigenvalue weighted by Gasteiger charge is -2.11. The Bertz CT molecular complexity index is 483. The number of carbonyl (C=O) groups excluding carboxylic acids is 2. The smallest absolute Gasteiger partial charge is 0.220 e. The molecule has 0 bridgehead atoms. The molecule has 1 aromatic carbocycles. The van der Waals surface area contributed by atoms with E-state index in [4.69, 9.17) is 5.73 Å². The number of hydrogen-bond acceptors (Lipinski definition) is 3. The molecule has 1 aliphatic carbocycles. The summed E-state index contributed by atoms with van der Waals surface area (Å²) < 4.78 is 12.7. The summed E-state index contributed by atoms with van der Waals surface area (Å²) in [6.07, 6.45) is 2.53. The largest absolute Gasteiger partial charge is 0.355 e. The molecule has 2 rings (SSSR count). The predicted octanol–water partition coefficient (Wildman–Crippen LogP) is 1.64. The maximum Gasteiger partial charge on any atom is 0.220 e. The summed E-state index contributed by atoms with van der Waals surface area (Å²) in [6, 6.07) is 5.35. The maximum atomic E-state index is 12.7. The average molecular weight is 278 g/mol. The van der Waals surface area contributed by atoms with Crippen LogP contribution in [0.4, 0.5) is 4.39 Å². The normalized spacial score (nSPS) is 15.7. The summed E-state index contributed by atoms with van der Waals surface area (Å²) in [5, 5.41) is 2.74. The summed E-state index contributed by atoms with van der Waals surface area (Å²) in [4.78, 5) is 23.4. The second kappa shape index (κ2) is 6.61. The van der Waals surface area contributed by atoms with Crippen molar-refractivity contribution in [2.45, 2.75) is 31.7 Å². The van der Waals surface area contributed by atoms with Crippen molar-refractivity contribution >= 4 is 11.7 Å². The summed E-state index contributed by atoms with van der Waals surface area (Å²) in [5.74, 6) is -0.173. The zero-order valence-electron chi connectivity index (χ0n) is 11.3. The lowest BCUT2D eigenvalue weighted by Crippen LogP contribution is -2.38. The zero-order chi connectivity index (χ0) is 14.5. The highest BCUT2D eigenvalue weighted by molar-refractivity contribution is 5.97. The van der Waals surface area contributed by atoms with E-state index in [-0.39, 0.29) is 36.4 Å². The maximum absolute atomic E-state index is 12.7. The molecule has 0 spiro atoms. The summed E-state index contributed by atoms with van der Waals surface area (Å²) >= 11 is 0. The molecule has 1 atom stereocenters. The van der Waals surface area contributed by atoms with Gasteiger partial charge >= 0.3 is 0 Å². The highest BCUT2D eigenvalue weighted by atomic mass is 19.1. The van der Waals surface area contributed by atoms with Crippen LogP contribution in [0.3, 0.4) is 0 Å². The van der Waals surface area contributed by atoms with E-state index in [0.29, 0.717) is 18.0 Å². The fraction of sp³-hybridized carbons (Fsp3) is 0.467. The monoisotopic (exact) mass is 278 g/mol. The Labute approximate surface area is 117 Å². The third-order valence-electron chi connectivity index (χ3n) is 3.51. The van der Waals surface area contributed by atoms with Gasteiger partial charge in [-0.1, -0.05) is 0 Å². The van der Waals surface area contributed by atoms with Crippen molar-refractivity contribution in [1.82, 2.24) is 5.32 Å². The van der Waals surface area contributed by atoms with Crippen LogP contribution in [0.15, 0.2) is 24.3 Å². The molecule has 0 radical (unpaired) electrons. The van der Waals surface area contributed by atoms with Crippen LogP contribution in [0.25, 0.3) is 0 Å². The van der Waals surface area contributed by atoms with Crippen LogP contribution < -0.4 is 11.1 Å². The van der Waals surface area contributed by atoms with E-state index in [9.17, 15) is 14.0 Å². The summed E-state index contributed by atoms with van der Waals surface area (Å²) in [5.41, 5.74) is 6.30. The number of ketones is 1. The van der Waals surface area contributed by atoms with Crippen LogP contribution >= 0.6 is 0 Å². The van der Waals surface area contributed by atoms with Gasteiger partial charge in [0.2, 0.25) is 5.91 Å². The van der Waals surface area contributed by atoms with Crippen LogP contribution in [0.2, 0.25) is 0 Å². The second-order valence-corrected chi connectivity index (χ2v) is 5.24. The average Bonchev–Trinajstić information content (AvgIpc) is 3.27. The third kappa shape index (κ3) is 4.42. The first kappa shape index (κ1) is 14.7. The number of nitrogens with one attached hydrogen (secondary N) is 1. The van der Waals surface area contributed by atoms with Gasteiger partial charge < -0.3 is 11.1 Å². The Balaban J connectivity index is 1.69. The van der Waals surface area contributed by atoms with Gasteiger partial charge in [-0.15, -0.1) is 0 Å². The predicted molar refractivity (Wildman–Crippen MR) is 73.7 cm³/mol. The van der Waals surface area contributed by atoms with E-state index in [1.54, 1.807) is 0 Å². The zero-order valence-corrected chi connectivity index (χ0v) is 11.3. The molecule has 1 amide bonds. The first-order chi connectivity index (χ1) is 9.56. The molecule has 1 saturated carbocycles. The van der Waals surface area contributed by atoms with Crippen molar-refractivity contribution in [3.8, 4) is 0 Å². The number of benzene rings is 1. The molecule has 0 heterocycles. The lowest BCUT2D eigenvalue weighted by atomic mass is 10.1. The quantitative estimate of drug-likeness (QED) is 0.745. The van der Waals surface area contributed by atoms with Gasteiger partial charge in [-0.3, -0.25) is 9.59 Å². The SMILES string of the molecule is NC(CNC(=O)CCC(=O)c1ccc(F)cc1)C1CC1. The Morgan fingerprint density at radius 3 is 2.50 bits per heavy atom. The minimum Gasteiger partial charge on any atom is -0.355 e. The number of Topliss-reactive ketones (excluding diaryl/α,β-unsaturated/α-hetero) is 1. The first-order valence-electron chi connectivity index (χ1n) is 6.87. The van der Waals surface area contributed by atoms with E-state index in [1.807, 2.05) is 0 Å². The van der Waals surface area contributed by atoms with Crippen LogP contribution in [0.5, 0.6) is 0 Å². The number of rotatable bonds is 7. The number of carbonyl (C=O) groups is 2. The third-order valence-corrected chi connectivity index (χ3v) is 3.51. The van der Waals surface area contributed by atoms with E-state index < -0.39 is 0 Å². The molecule has 0 aromatic heterocycles. The van der Waals surface area contributed by atoms with Crippen molar-refractivity contribution in [2.24, 2.45) is 11.7 Å². The van der Waals surface area contributed by atoms with Gasteiger partial charge in [0.25, 0.3) is 0 Å².